The van der Waals surface area contributed by atoms with E-state index in [2.05, 4.69) is 24.1 Å². The molecule has 0 aromatic heterocycles. The number of carbonyl (C=O) groups excluding carboxylic acids is 1. The van der Waals surface area contributed by atoms with E-state index in [0.29, 0.717) is 11.5 Å². The lowest BCUT2D eigenvalue weighted by molar-refractivity contribution is -0.143. The Balaban J connectivity index is 1.79. The number of nitrogens with zero attached hydrogens (tertiary/aromatic N) is 1. The fraction of sp³-hybridized carbons (Fsp3) is 0.938. The van der Waals surface area contributed by atoms with Gasteiger partial charge in [0.15, 0.2) is 0 Å². The number of likely N-dealkylation sites (tertiary alicyclic amines) is 1. The minimum absolute atomic E-state index is 0.103. The molecule has 2 rings (SSSR count). The molecule has 2 fully saturated rings. The zero-order valence-electron chi connectivity index (χ0n) is 13.3. The van der Waals surface area contributed by atoms with E-state index in [-0.39, 0.29) is 12.0 Å². The van der Waals surface area contributed by atoms with Crippen LogP contribution in [-0.2, 0) is 9.53 Å². The van der Waals surface area contributed by atoms with Gasteiger partial charge < -0.3 is 15.0 Å². The largest absolute Gasteiger partial charge is 0.468 e. The third-order valence-electron chi connectivity index (χ3n) is 5.25. The first-order valence-electron chi connectivity index (χ1n) is 8.18. The molecule has 2 aliphatic rings. The minimum atomic E-state index is -0.120. The average molecular weight is 282 g/mol. The molecule has 4 nitrogen and oxygen atoms in total. The lowest BCUT2D eigenvalue weighted by Crippen LogP contribution is -2.41. The predicted molar refractivity (Wildman–Crippen MR) is 80.7 cm³/mol. The van der Waals surface area contributed by atoms with Gasteiger partial charge in [0, 0.05) is 19.1 Å². The average Bonchev–Trinajstić information content (AvgIpc) is 3.20. The number of nitrogens with one attached hydrogen (secondary N) is 1. The number of hydrogen-bond donors (Lipinski definition) is 1. The van der Waals surface area contributed by atoms with Crippen LogP contribution in [-0.4, -0.2) is 49.7 Å². The van der Waals surface area contributed by atoms with Crippen molar-refractivity contribution in [2.75, 3.05) is 26.7 Å². The first-order valence-corrected chi connectivity index (χ1v) is 8.18. The predicted octanol–water partition coefficient (Wildman–Crippen LogP) is 2.18. The monoisotopic (exact) mass is 282 g/mol. The van der Waals surface area contributed by atoms with Gasteiger partial charge in [-0.2, -0.15) is 0 Å². The van der Waals surface area contributed by atoms with Crippen molar-refractivity contribution in [3.8, 4) is 0 Å². The Labute approximate surface area is 123 Å². The molecule has 1 atom stereocenters. The summed E-state index contributed by atoms with van der Waals surface area (Å²) in [4.78, 5) is 14.3. The fourth-order valence-corrected chi connectivity index (χ4v) is 3.30. The van der Waals surface area contributed by atoms with Crippen LogP contribution < -0.4 is 5.32 Å². The van der Waals surface area contributed by atoms with Crippen molar-refractivity contribution >= 4 is 5.97 Å². The van der Waals surface area contributed by atoms with E-state index < -0.39 is 0 Å². The summed E-state index contributed by atoms with van der Waals surface area (Å²) < 4.78 is 4.92. The molecule has 116 valence electrons. The number of rotatable bonds is 8. The van der Waals surface area contributed by atoms with Gasteiger partial charge in [0.25, 0.3) is 0 Å². The number of methoxy groups -OCH3 is 1. The lowest BCUT2D eigenvalue weighted by Gasteiger charge is -2.27. The minimum Gasteiger partial charge on any atom is -0.468 e. The summed E-state index contributed by atoms with van der Waals surface area (Å²) in [6, 6.07) is 0.425. The van der Waals surface area contributed by atoms with E-state index in [1.54, 1.807) is 0 Å². The zero-order chi connectivity index (χ0) is 14.6. The topological polar surface area (TPSA) is 41.6 Å². The van der Waals surface area contributed by atoms with Crippen molar-refractivity contribution in [1.29, 1.82) is 0 Å². The van der Waals surface area contributed by atoms with Crippen LogP contribution in [0.15, 0.2) is 0 Å². The van der Waals surface area contributed by atoms with Gasteiger partial charge in [0.2, 0.25) is 0 Å². The van der Waals surface area contributed by atoms with Crippen LogP contribution in [0.3, 0.4) is 0 Å². The van der Waals surface area contributed by atoms with Crippen LogP contribution >= 0.6 is 0 Å². The van der Waals surface area contributed by atoms with Gasteiger partial charge in [-0.25, -0.2) is 0 Å². The lowest BCUT2D eigenvalue weighted by atomic mass is 9.82. The quantitative estimate of drug-likeness (QED) is 0.693. The van der Waals surface area contributed by atoms with Gasteiger partial charge in [-0.05, 0) is 50.5 Å². The van der Waals surface area contributed by atoms with Crippen LogP contribution in [0.2, 0.25) is 0 Å². The van der Waals surface area contributed by atoms with E-state index in [1.165, 1.54) is 52.3 Å². The first kappa shape index (κ1) is 15.8. The van der Waals surface area contributed by atoms with Crippen molar-refractivity contribution in [3.05, 3.63) is 0 Å². The van der Waals surface area contributed by atoms with Crippen molar-refractivity contribution in [3.63, 3.8) is 0 Å². The Kier molecular flexibility index (Phi) is 5.44. The molecular formula is C16H30N2O2. The van der Waals surface area contributed by atoms with Gasteiger partial charge in [0.1, 0.15) is 6.04 Å². The number of ether oxygens (including phenoxy) is 1. The molecule has 0 spiro atoms. The maximum absolute atomic E-state index is 11.8. The standard InChI is InChI=1S/C16H30N2O2/c1-4-16(5-2)9-11-18(12-16)10-8-14(15(19)20-3)17-13-6-7-13/h13-14,17H,4-12H2,1-3H3. The molecule has 0 aromatic rings. The maximum Gasteiger partial charge on any atom is 0.322 e. The normalized spacial score (nSPS) is 23.8. The Hall–Kier alpha value is -0.610. The van der Waals surface area contributed by atoms with Crippen LogP contribution in [0, 0.1) is 5.41 Å². The second-order valence-corrected chi connectivity index (χ2v) is 6.54. The van der Waals surface area contributed by atoms with Crippen LogP contribution in [0.25, 0.3) is 0 Å². The summed E-state index contributed by atoms with van der Waals surface area (Å²) in [5.74, 6) is -0.103. The molecule has 0 radical (unpaired) electrons. The number of esters is 1. The second kappa shape index (κ2) is 6.90. The Morgan fingerprint density at radius 2 is 2.10 bits per heavy atom. The molecular weight excluding hydrogens is 252 g/mol. The Bertz CT molecular complexity index is 324. The number of carbonyl (C=O) groups is 1. The summed E-state index contributed by atoms with van der Waals surface area (Å²) in [6.45, 7) is 7.98. The SMILES string of the molecule is CCC1(CC)CCN(CCC(NC2CC2)C(=O)OC)C1. The highest BCUT2D eigenvalue weighted by Crippen LogP contribution is 2.36. The van der Waals surface area contributed by atoms with Crippen molar-refractivity contribution in [2.45, 2.75) is 64.5 Å². The van der Waals surface area contributed by atoms with Gasteiger partial charge in [-0.15, -0.1) is 0 Å². The highest BCUT2D eigenvalue weighted by molar-refractivity contribution is 5.75. The third-order valence-corrected chi connectivity index (χ3v) is 5.25. The maximum atomic E-state index is 11.8. The molecule has 20 heavy (non-hydrogen) atoms. The summed E-state index contributed by atoms with van der Waals surface area (Å²) in [6.07, 6.45) is 7.10. The van der Waals surface area contributed by atoms with E-state index in [0.717, 1.165) is 13.0 Å². The van der Waals surface area contributed by atoms with Gasteiger partial charge >= 0.3 is 5.97 Å². The Morgan fingerprint density at radius 3 is 2.60 bits per heavy atom. The van der Waals surface area contributed by atoms with E-state index >= 15 is 0 Å². The Morgan fingerprint density at radius 1 is 1.40 bits per heavy atom. The molecule has 0 aromatic carbocycles. The molecule has 0 bridgehead atoms. The molecule has 1 saturated heterocycles. The van der Waals surface area contributed by atoms with Crippen LogP contribution in [0.4, 0.5) is 0 Å². The zero-order valence-corrected chi connectivity index (χ0v) is 13.3. The molecule has 0 amide bonds. The highest BCUT2D eigenvalue weighted by atomic mass is 16.5. The molecule has 1 N–H and O–H groups in total. The summed E-state index contributed by atoms with van der Waals surface area (Å²) in [7, 11) is 1.49. The van der Waals surface area contributed by atoms with Crippen molar-refractivity contribution in [2.24, 2.45) is 5.41 Å². The van der Waals surface area contributed by atoms with E-state index in [4.69, 9.17) is 4.74 Å². The third kappa shape index (κ3) is 3.95. The van der Waals surface area contributed by atoms with Gasteiger partial charge in [-0.1, -0.05) is 13.8 Å². The van der Waals surface area contributed by atoms with Crippen LogP contribution in [0.5, 0.6) is 0 Å². The first-order chi connectivity index (χ1) is 9.62. The van der Waals surface area contributed by atoms with Crippen molar-refractivity contribution < 1.29 is 9.53 Å². The second-order valence-electron chi connectivity index (χ2n) is 6.54. The molecule has 1 aliphatic carbocycles. The molecule has 1 unspecified atom stereocenters. The number of hydrogen-bond acceptors (Lipinski definition) is 4. The van der Waals surface area contributed by atoms with Gasteiger partial charge in [0.05, 0.1) is 7.11 Å². The summed E-state index contributed by atoms with van der Waals surface area (Å²) in [5.41, 5.74) is 0.519. The van der Waals surface area contributed by atoms with E-state index in [9.17, 15) is 4.79 Å². The molecule has 1 heterocycles. The summed E-state index contributed by atoms with van der Waals surface area (Å²) >= 11 is 0. The summed E-state index contributed by atoms with van der Waals surface area (Å²) in [5, 5.41) is 3.41. The van der Waals surface area contributed by atoms with Gasteiger partial charge in [-0.3, -0.25) is 4.79 Å². The fourth-order valence-electron chi connectivity index (χ4n) is 3.30. The molecule has 4 heteroatoms. The highest BCUT2D eigenvalue weighted by Gasteiger charge is 2.35. The van der Waals surface area contributed by atoms with E-state index in [1.807, 2.05) is 0 Å². The smallest absolute Gasteiger partial charge is 0.322 e. The molecule has 1 saturated carbocycles. The van der Waals surface area contributed by atoms with Crippen LogP contribution in [0.1, 0.15) is 52.4 Å². The van der Waals surface area contributed by atoms with Crippen molar-refractivity contribution in [1.82, 2.24) is 10.2 Å². The molecule has 1 aliphatic heterocycles.